The van der Waals surface area contributed by atoms with Crippen molar-refractivity contribution in [3.05, 3.63) is 137 Å². The van der Waals surface area contributed by atoms with Crippen LogP contribution in [0.15, 0.2) is 126 Å². The number of hydrogen-bond donors (Lipinski definition) is 0. The first-order valence-electron chi connectivity index (χ1n) is 20.9. The average molecular weight is 1250 g/mol. The van der Waals surface area contributed by atoms with Gasteiger partial charge in [0.2, 0.25) is 0 Å². The maximum atomic E-state index is 5.68. The van der Waals surface area contributed by atoms with Crippen LogP contribution in [0.3, 0.4) is 0 Å². The fraction of sp³-hybridized carbons (Fsp3) is 0.149. The van der Waals surface area contributed by atoms with Gasteiger partial charge in [-0.3, -0.25) is 0 Å². The lowest BCUT2D eigenvalue weighted by atomic mass is 9.73. The molecule has 0 bridgehead atoms. The molecule has 10 aromatic rings. The van der Waals surface area contributed by atoms with Gasteiger partial charge in [0, 0.05) is 54.8 Å². The molecule has 3 aliphatic rings. The normalized spacial score (nSPS) is 14.9. The number of thiophene rings is 4. The molecule has 334 valence electrons. The van der Waals surface area contributed by atoms with E-state index >= 15 is 0 Å². The van der Waals surface area contributed by atoms with E-state index in [0.717, 1.165) is 60.6 Å². The van der Waals surface area contributed by atoms with E-state index in [1.165, 1.54) is 75.0 Å². The lowest BCUT2D eigenvalue weighted by molar-refractivity contribution is 0.365. The van der Waals surface area contributed by atoms with Crippen molar-refractivity contribution in [2.75, 3.05) is 26.4 Å². The highest BCUT2D eigenvalue weighted by atomic mass is 79.9. The third-order valence-corrected chi connectivity index (χ3v) is 19.8. The molecule has 8 nitrogen and oxygen atoms in total. The second-order valence-electron chi connectivity index (χ2n) is 16.0. The molecule has 67 heavy (non-hydrogen) atoms. The second-order valence-corrected chi connectivity index (χ2v) is 25.9. The minimum atomic E-state index is -0.235. The van der Waals surface area contributed by atoms with Crippen LogP contribution in [-0.4, -0.2) is 58.2 Å². The van der Waals surface area contributed by atoms with Crippen molar-refractivity contribution in [1.82, 2.24) is 17.5 Å². The third kappa shape index (κ3) is 9.34. The van der Waals surface area contributed by atoms with Crippen LogP contribution in [-0.2, 0) is 24.0 Å². The molecule has 6 aromatic heterocycles. The van der Waals surface area contributed by atoms with Crippen LogP contribution in [0, 0.1) is 0 Å². The Morgan fingerprint density at radius 1 is 0.418 bits per heavy atom. The van der Waals surface area contributed by atoms with Crippen LogP contribution < -0.4 is 10.9 Å². The van der Waals surface area contributed by atoms with E-state index in [9.17, 15) is 0 Å². The fourth-order valence-electron chi connectivity index (χ4n) is 8.36. The summed E-state index contributed by atoms with van der Waals surface area (Å²) in [5, 5.41) is 0. The third-order valence-electron chi connectivity index (χ3n) is 11.6. The van der Waals surface area contributed by atoms with Crippen molar-refractivity contribution >= 4 is 180 Å². The Morgan fingerprint density at radius 3 is 1.18 bits per heavy atom. The number of hydrogen-bond acceptors (Lipinski definition) is 14. The van der Waals surface area contributed by atoms with Gasteiger partial charge in [-0.25, -0.2) is 0 Å². The van der Waals surface area contributed by atoms with Crippen LogP contribution in [0.1, 0.15) is 25.0 Å². The lowest BCUT2D eigenvalue weighted by Crippen LogP contribution is -2.33. The van der Waals surface area contributed by atoms with Crippen molar-refractivity contribution < 1.29 is 18.6 Å². The SMILES string of the molecule is Brc1ccc(-c2ccc(-c3ccc(-c4ccc(-c5ccc(Br)s5)s4)c4nsnc34)s2)s1.Brc1ccc(Br)c2nsnc12.CC1(C)c2cc(B3OCCO3)ccc2-c2ccc(B3OCCO3)cc21. The summed E-state index contributed by atoms with van der Waals surface area (Å²) in [7, 11) is -0.471. The number of nitrogens with zero attached hydrogens (tertiary/aromatic N) is 4. The minimum absolute atomic E-state index is 0.0755. The van der Waals surface area contributed by atoms with Gasteiger partial charge in [-0.2, -0.15) is 17.5 Å². The van der Waals surface area contributed by atoms with Crippen molar-refractivity contribution in [2.24, 2.45) is 0 Å². The van der Waals surface area contributed by atoms with E-state index in [1.54, 1.807) is 45.3 Å². The standard InChI is InChI=1S/C22H10Br2N2S5.C19H20B2O4.C6H2Br2N2S/c23-19-9-7-17(29-19)15-5-3-13(27-15)11-1-2-12(22-21(11)25-31-26-22)14-4-6-16(28-14)18-8-10-20(24)30-18;1-19(2)17-11-13(20-22-7-8-23-20)3-5-15(17)16-6-4-14(12-18(16)19)21-24-9-10-25-21;7-3-1-2-4(8)6-5(3)9-11-10-6/h1-10H;3-6,11-12H,7-10H2,1-2H3;1-2H. The highest BCUT2D eigenvalue weighted by Gasteiger charge is 2.39. The van der Waals surface area contributed by atoms with Gasteiger partial charge >= 0.3 is 14.2 Å². The Balaban J connectivity index is 0.000000122. The molecule has 20 heteroatoms. The molecule has 0 unspecified atom stereocenters. The molecule has 0 radical (unpaired) electrons. The number of benzene rings is 4. The molecule has 4 aromatic carbocycles. The Labute approximate surface area is 445 Å². The Hall–Kier alpha value is -2.79. The molecule has 0 saturated carbocycles. The first kappa shape index (κ1) is 46.6. The Bertz CT molecular complexity index is 3210. The first-order chi connectivity index (χ1) is 32.6. The van der Waals surface area contributed by atoms with E-state index in [2.05, 4.69) is 192 Å². The van der Waals surface area contributed by atoms with Crippen molar-refractivity contribution in [1.29, 1.82) is 0 Å². The maximum Gasteiger partial charge on any atom is 0.494 e. The van der Waals surface area contributed by atoms with Crippen LogP contribution in [0.5, 0.6) is 0 Å². The Morgan fingerprint density at radius 2 is 0.776 bits per heavy atom. The maximum absolute atomic E-state index is 5.68. The highest BCUT2D eigenvalue weighted by Crippen LogP contribution is 2.48. The largest absolute Gasteiger partial charge is 0.494 e. The smallest absolute Gasteiger partial charge is 0.405 e. The van der Waals surface area contributed by atoms with E-state index in [1.807, 2.05) is 12.1 Å². The number of halogens is 4. The van der Waals surface area contributed by atoms with Gasteiger partial charge in [-0.15, -0.1) is 45.3 Å². The molecule has 13 rings (SSSR count). The molecular weight excluding hydrogens is 1220 g/mol. The zero-order chi connectivity index (χ0) is 45.8. The van der Waals surface area contributed by atoms with E-state index in [0.29, 0.717) is 26.4 Å². The zero-order valence-corrected chi connectivity index (χ0v) is 46.5. The molecule has 2 aliphatic heterocycles. The summed E-state index contributed by atoms with van der Waals surface area (Å²) in [6.07, 6.45) is 0. The summed E-state index contributed by atoms with van der Waals surface area (Å²) in [5.41, 5.74) is 13.5. The molecule has 0 atom stereocenters. The lowest BCUT2D eigenvalue weighted by Gasteiger charge is -2.23. The van der Waals surface area contributed by atoms with Crippen LogP contribution in [0.2, 0.25) is 0 Å². The van der Waals surface area contributed by atoms with Crippen molar-refractivity contribution in [2.45, 2.75) is 19.3 Å². The monoisotopic (exact) mass is 1250 g/mol. The second kappa shape index (κ2) is 19.8. The van der Waals surface area contributed by atoms with Gasteiger partial charge in [0.1, 0.15) is 22.1 Å². The zero-order valence-electron chi connectivity index (χ0n) is 35.3. The predicted octanol–water partition coefficient (Wildman–Crippen LogP) is 14.8. The molecule has 2 fully saturated rings. The van der Waals surface area contributed by atoms with Crippen molar-refractivity contribution in [3.63, 3.8) is 0 Å². The minimum Gasteiger partial charge on any atom is -0.405 e. The Kier molecular flexibility index (Phi) is 13.8. The molecule has 1 aliphatic carbocycles. The van der Waals surface area contributed by atoms with Gasteiger partial charge < -0.3 is 18.6 Å². The number of aromatic nitrogens is 4. The van der Waals surface area contributed by atoms with Crippen LogP contribution in [0.4, 0.5) is 0 Å². The summed E-state index contributed by atoms with van der Waals surface area (Å²) in [4.78, 5) is 7.54. The summed E-state index contributed by atoms with van der Waals surface area (Å²) in [6.45, 7) is 7.20. The van der Waals surface area contributed by atoms with Gasteiger partial charge in [0.05, 0.1) is 57.5 Å². The quantitative estimate of drug-likeness (QED) is 0.152. The van der Waals surface area contributed by atoms with Gasteiger partial charge in [0.25, 0.3) is 0 Å². The van der Waals surface area contributed by atoms with Gasteiger partial charge in [-0.1, -0.05) is 62.4 Å². The summed E-state index contributed by atoms with van der Waals surface area (Å²) in [6, 6.07) is 38.7. The molecule has 8 heterocycles. The van der Waals surface area contributed by atoms with Crippen LogP contribution in [0.25, 0.3) is 73.6 Å². The van der Waals surface area contributed by atoms with E-state index in [-0.39, 0.29) is 19.7 Å². The summed E-state index contributed by atoms with van der Waals surface area (Å²) < 4.78 is 44.6. The van der Waals surface area contributed by atoms with E-state index < -0.39 is 0 Å². The average Bonchev–Trinajstić information content (AvgIpc) is 4.19. The van der Waals surface area contributed by atoms with E-state index in [4.69, 9.17) is 18.6 Å². The first-order valence-corrected chi connectivity index (χ1v) is 28.8. The molecular formula is C47H32B2Br4N4O4S6. The summed E-state index contributed by atoms with van der Waals surface area (Å²) >= 11 is 23.5. The topological polar surface area (TPSA) is 88.5 Å². The molecule has 2 saturated heterocycles. The molecule has 0 spiro atoms. The number of rotatable bonds is 6. The van der Waals surface area contributed by atoms with Gasteiger partial charge in [0.15, 0.2) is 0 Å². The van der Waals surface area contributed by atoms with Gasteiger partial charge in [-0.05, 0) is 158 Å². The number of fused-ring (bicyclic) bond motifs is 5. The fourth-order valence-corrected chi connectivity index (χ4v) is 15.6. The van der Waals surface area contributed by atoms with Crippen molar-refractivity contribution in [3.8, 4) is 51.5 Å². The molecule has 0 amide bonds. The predicted molar refractivity (Wildman–Crippen MR) is 297 cm³/mol. The summed E-state index contributed by atoms with van der Waals surface area (Å²) in [5.74, 6) is 0. The van der Waals surface area contributed by atoms with Crippen LogP contribution >= 0.6 is 133 Å². The molecule has 0 N–H and O–H groups in total. The highest BCUT2D eigenvalue weighted by molar-refractivity contribution is 9.11.